The van der Waals surface area contributed by atoms with Crippen molar-refractivity contribution in [2.24, 2.45) is 7.05 Å². The number of aromatic nitrogens is 3. The summed E-state index contributed by atoms with van der Waals surface area (Å²) in [6.07, 6.45) is 1.83. The summed E-state index contributed by atoms with van der Waals surface area (Å²) < 4.78 is 1.90. The lowest BCUT2D eigenvalue weighted by Gasteiger charge is -2.22. The molecule has 2 heterocycles. The molecule has 0 spiro atoms. The fourth-order valence-corrected chi connectivity index (χ4v) is 2.10. The Morgan fingerprint density at radius 2 is 2.00 bits per heavy atom. The Hall–Kier alpha value is -1.58. The third-order valence-corrected chi connectivity index (χ3v) is 2.91. The van der Waals surface area contributed by atoms with E-state index < -0.39 is 0 Å². The van der Waals surface area contributed by atoms with E-state index >= 15 is 0 Å². The lowest BCUT2D eigenvalue weighted by Crippen LogP contribution is -2.22. The molecule has 16 heavy (non-hydrogen) atoms. The van der Waals surface area contributed by atoms with Gasteiger partial charge in [0.15, 0.2) is 0 Å². The van der Waals surface area contributed by atoms with E-state index in [1.54, 1.807) is 0 Å². The normalized spacial score (nSPS) is 11.0. The van der Waals surface area contributed by atoms with Gasteiger partial charge in [0.05, 0.1) is 11.9 Å². The van der Waals surface area contributed by atoms with E-state index in [2.05, 4.69) is 34.9 Å². The van der Waals surface area contributed by atoms with E-state index in [1.807, 2.05) is 24.9 Å². The minimum absolute atomic E-state index is 0.976. The van der Waals surface area contributed by atoms with Crippen LogP contribution in [0.25, 0.3) is 11.0 Å². The number of hydrogen-bond acceptors (Lipinski definition) is 3. The Morgan fingerprint density at radius 1 is 1.31 bits per heavy atom. The smallest absolute Gasteiger partial charge is 0.111 e. The van der Waals surface area contributed by atoms with Gasteiger partial charge in [0, 0.05) is 25.8 Å². The largest absolute Gasteiger partial charge is 0.370 e. The first-order valence-electron chi connectivity index (χ1n) is 5.71. The second-order valence-corrected chi connectivity index (χ2v) is 3.96. The molecular formula is C12H18N4. The summed E-state index contributed by atoms with van der Waals surface area (Å²) in [6, 6.07) is 2.14. The lowest BCUT2D eigenvalue weighted by molar-refractivity contribution is 0.788. The molecule has 0 fully saturated rings. The highest BCUT2D eigenvalue weighted by Crippen LogP contribution is 2.25. The van der Waals surface area contributed by atoms with Crippen LogP contribution in [0.15, 0.2) is 12.3 Å². The summed E-state index contributed by atoms with van der Waals surface area (Å²) >= 11 is 0. The first-order chi connectivity index (χ1) is 7.67. The van der Waals surface area contributed by atoms with Gasteiger partial charge >= 0.3 is 0 Å². The molecule has 0 amide bonds. The Labute approximate surface area is 95.9 Å². The summed E-state index contributed by atoms with van der Waals surface area (Å²) in [7, 11) is 1.96. The molecule has 2 aromatic heterocycles. The molecule has 2 aromatic rings. The van der Waals surface area contributed by atoms with Crippen LogP contribution in [-0.4, -0.2) is 27.9 Å². The molecule has 0 saturated heterocycles. The highest BCUT2D eigenvalue weighted by molar-refractivity contribution is 5.88. The zero-order valence-electron chi connectivity index (χ0n) is 10.4. The number of fused-ring (bicyclic) bond motifs is 1. The number of rotatable bonds is 3. The number of anilines is 1. The zero-order valence-corrected chi connectivity index (χ0v) is 10.4. The molecule has 0 radical (unpaired) electrons. The van der Waals surface area contributed by atoms with Crippen LogP contribution in [0.4, 0.5) is 5.69 Å². The molecule has 0 unspecified atom stereocenters. The first-order valence-corrected chi connectivity index (χ1v) is 5.71. The van der Waals surface area contributed by atoms with Crippen molar-refractivity contribution >= 4 is 16.7 Å². The number of hydrogen-bond donors (Lipinski definition) is 0. The molecule has 0 atom stereocenters. The Balaban J connectivity index is 2.70. The van der Waals surface area contributed by atoms with Crippen LogP contribution in [0, 0.1) is 6.92 Å². The molecule has 0 aliphatic heterocycles. The van der Waals surface area contributed by atoms with Crippen LogP contribution in [0.3, 0.4) is 0 Å². The maximum absolute atomic E-state index is 4.50. The quantitative estimate of drug-likeness (QED) is 0.791. The third-order valence-electron chi connectivity index (χ3n) is 2.91. The minimum atomic E-state index is 0.976. The fourth-order valence-electron chi connectivity index (χ4n) is 2.10. The second-order valence-electron chi connectivity index (χ2n) is 3.96. The van der Waals surface area contributed by atoms with Gasteiger partial charge in [0.25, 0.3) is 0 Å². The predicted molar refractivity (Wildman–Crippen MR) is 66.8 cm³/mol. The number of aryl methyl sites for hydroxylation is 2. The predicted octanol–water partition coefficient (Wildman–Crippen LogP) is 2.12. The van der Waals surface area contributed by atoms with Gasteiger partial charge in [-0.2, -0.15) is 5.10 Å². The topological polar surface area (TPSA) is 34.0 Å². The van der Waals surface area contributed by atoms with Crippen LogP contribution < -0.4 is 4.90 Å². The summed E-state index contributed by atoms with van der Waals surface area (Å²) in [5.41, 5.74) is 4.37. The lowest BCUT2D eigenvalue weighted by atomic mass is 10.2. The zero-order chi connectivity index (χ0) is 11.7. The van der Waals surface area contributed by atoms with Gasteiger partial charge in [-0.3, -0.25) is 4.68 Å². The highest BCUT2D eigenvalue weighted by atomic mass is 15.3. The van der Waals surface area contributed by atoms with Gasteiger partial charge in [0.1, 0.15) is 11.0 Å². The maximum Gasteiger partial charge on any atom is 0.111 e. The van der Waals surface area contributed by atoms with Crippen LogP contribution >= 0.6 is 0 Å². The van der Waals surface area contributed by atoms with Crippen molar-refractivity contribution in [1.82, 2.24) is 14.8 Å². The van der Waals surface area contributed by atoms with Gasteiger partial charge < -0.3 is 4.90 Å². The van der Waals surface area contributed by atoms with Crippen LogP contribution in [0.5, 0.6) is 0 Å². The first kappa shape index (κ1) is 10.9. The second kappa shape index (κ2) is 4.12. The standard InChI is InChI=1S/C12H18N4/c1-5-16(6-2)11-7-9(3)14-10-8-13-15(4)12(10)11/h7-8H,5-6H2,1-4H3. The molecule has 0 bridgehead atoms. The molecule has 0 N–H and O–H groups in total. The van der Waals surface area contributed by atoms with Gasteiger partial charge in [-0.1, -0.05) is 0 Å². The van der Waals surface area contributed by atoms with Crippen molar-refractivity contribution in [2.45, 2.75) is 20.8 Å². The molecule has 0 aromatic carbocycles. The third kappa shape index (κ3) is 1.64. The van der Waals surface area contributed by atoms with Gasteiger partial charge in [-0.15, -0.1) is 0 Å². The fraction of sp³-hybridized carbons (Fsp3) is 0.500. The van der Waals surface area contributed by atoms with Crippen molar-refractivity contribution in [3.05, 3.63) is 18.0 Å². The van der Waals surface area contributed by atoms with Crippen LogP contribution in [0.1, 0.15) is 19.5 Å². The SMILES string of the molecule is CCN(CC)c1cc(C)nc2cnn(C)c12. The van der Waals surface area contributed by atoms with Crippen LogP contribution in [0.2, 0.25) is 0 Å². The van der Waals surface area contributed by atoms with Crippen molar-refractivity contribution < 1.29 is 0 Å². The van der Waals surface area contributed by atoms with Crippen molar-refractivity contribution in [1.29, 1.82) is 0 Å². The Kier molecular flexibility index (Phi) is 2.81. The summed E-state index contributed by atoms with van der Waals surface area (Å²) in [4.78, 5) is 6.83. The van der Waals surface area contributed by atoms with Gasteiger partial charge in [-0.05, 0) is 26.8 Å². The van der Waals surface area contributed by atoms with Crippen molar-refractivity contribution in [3.8, 4) is 0 Å². The molecule has 2 rings (SSSR count). The molecule has 86 valence electrons. The maximum atomic E-state index is 4.50. The minimum Gasteiger partial charge on any atom is -0.370 e. The van der Waals surface area contributed by atoms with E-state index in [0.29, 0.717) is 0 Å². The molecule has 0 aliphatic rings. The van der Waals surface area contributed by atoms with E-state index in [4.69, 9.17) is 0 Å². The van der Waals surface area contributed by atoms with Gasteiger partial charge in [-0.25, -0.2) is 4.98 Å². The molecular weight excluding hydrogens is 200 g/mol. The average Bonchev–Trinajstić information content (AvgIpc) is 2.61. The van der Waals surface area contributed by atoms with Crippen LogP contribution in [-0.2, 0) is 7.05 Å². The van der Waals surface area contributed by atoms with E-state index in [1.165, 1.54) is 5.69 Å². The summed E-state index contributed by atoms with van der Waals surface area (Å²) in [5, 5.41) is 4.28. The monoisotopic (exact) mass is 218 g/mol. The summed E-state index contributed by atoms with van der Waals surface area (Å²) in [5.74, 6) is 0. The number of nitrogens with zero attached hydrogens (tertiary/aromatic N) is 4. The number of pyridine rings is 1. The molecule has 4 nitrogen and oxygen atoms in total. The summed E-state index contributed by atoms with van der Waals surface area (Å²) in [6.45, 7) is 8.36. The molecule has 0 aliphatic carbocycles. The molecule has 4 heteroatoms. The highest BCUT2D eigenvalue weighted by Gasteiger charge is 2.12. The van der Waals surface area contributed by atoms with E-state index in [9.17, 15) is 0 Å². The Morgan fingerprint density at radius 3 is 2.62 bits per heavy atom. The van der Waals surface area contributed by atoms with Gasteiger partial charge in [0.2, 0.25) is 0 Å². The van der Waals surface area contributed by atoms with Crippen molar-refractivity contribution in [3.63, 3.8) is 0 Å². The van der Waals surface area contributed by atoms with E-state index in [0.717, 1.165) is 29.8 Å². The van der Waals surface area contributed by atoms with Crippen molar-refractivity contribution in [2.75, 3.05) is 18.0 Å². The Bertz CT molecular complexity index is 497. The van der Waals surface area contributed by atoms with E-state index in [-0.39, 0.29) is 0 Å². The molecule has 0 saturated carbocycles. The average molecular weight is 218 g/mol.